The number of carbonyl (C=O) groups is 1. The molecule has 0 saturated heterocycles. The quantitative estimate of drug-likeness (QED) is 0.392. The van der Waals surface area contributed by atoms with E-state index in [-0.39, 0.29) is 16.3 Å². The molecule has 0 aliphatic carbocycles. The molecule has 1 aromatic rings. The van der Waals surface area contributed by atoms with Crippen LogP contribution in [0.1, 0.15) is 5.56 Å². The zero-order chi connectivity index (χ0) is 15.3. The van der Waals surface area contributed by atoms with E-state index in [0.717, 1.165) is 0 Å². The van der Waals surface area contributed by atoms with Crippen molar-refractivity contribution in [1.29, 1.82) is 0 Å². The average molecular weight is 292 g/mol. The number of benzene rings is 1. The third kappa shape index (κ3) is 4.20. The Hall–Kier alpha value is -2.14. The molecule has 0 aliphatic rings. The maximum absolute atomic E-state index is 13.1. The van der Waals surface area contributed by atoms with Crippen molar-refractivity contribution in [2.24, 2.45) is 0 Å². The Morgan fingerprint density at radius 3 is 2.60 bits per heavy atom. The van der Waals surface area contributed by atoms with Crippen LogP contribution < -0.4 is 5.32 Å². The van der Waals surface area contributed by atoms with E-state index in [4.69, 9.17) is 0 Å². The van der Waals surface area contributed by atoms with Crippen LogP contribution in [0.4, 0.5) is 10.1 Å². The number of anilines is 1. The van der Waals surface area contributed by atoms with Crippen molar-refractivity contribution in [3.8, 4) is 0 Å². The molecule has 0 radical (unpaired) electrons. The molecule has 0 atom stereocenters. The molecule has 3 nitrogen and oxygen atoms in total. The third-order valence-electron chi connectivity index (χ3n) is 2.51. The van der Waals surface area contributed by atoms with Gasteiger partial charge in [-0.2, -0.15) is 5.87 Å². The SMILES string of the molecule is C=C/C(=C\C(=C)[S-](=C)=O)C(=O)Nc1ccc(F)c(C)c1. The van der Waals surface area contributed by atoms with Gasteiger partial charge < -0.3 is 9.53 Å². The molecule has 0 heterocycles. The van der Waals surface area contributed by atoms with Gasteiger partial charge in [0.2, 0.25) is 0 Å². The first-order valence-electron chi connectivity index (χ1n) is 5.67. The number of nitrogens with one attached hydrogen (secondary N) is 1. The van der Waals surface area contributed by atoms with E-state index in [1.54, 1.807) is 6.92 Å². The van der Waals surface area contributed by atoms with E-state index in [0.29, 0.717) is 11.3 Å². The summed E-state index contributed by atoms with van der Waals surface area (Å²) in [6.45, 7) is 8.66. The van der Waals surface area contributed by atoms with Crippen molar-refractivity contribution in [1.82, 2.24) is 0 Å². The fourth-order valence-electron chi connectivity index (χ4n) is 1.38. The molecule has 0 saturated carbocycles. The van der Waals surface area contributed by atoms with Gasteiger partial charge in [-0.05, 0) is 30.7 Å². The highest BCUT2D eigenvalue weighted by molar-refractivity contribution is 7.86. The van der Waals surface area contributed by atoms with Gasteiger partial charge in [-0.15, -0.1) is 11.5 Å². The molecule has 1 N–H and O–H groups in total. The molecule has 20 heavy (non-hydrogen) atoms. The molecule has 0 spiro atoms. The number of carbonyl (C=O) groups excluding carboxylic acids is 1. The van der Waals surface area contributed by atoms with Gasteiger partial charge >= 0.3 is 0 Å². The van der Waals surface area contributed by atoms with E-state index in [1.807, 2.05) is 0 Å². The lowest BCUT2D eigenvalue weighted by Crippen LogP contribution is -2.13. The summed E-state index contributed by atoms with van der Waals surface area (Å²) in [6.07, 6.45) is 2.67. The molecular weight excluding hydrogens is 277 g/mol. The zero-order valence-electron chi connectivity index (χ0n) is 11.1. The maximum Gasteiger partial charge on any atom is 0.255 e. The van der Waals surface area contributed by atoms with E-state index >= 15 is 0 Å². The average Bonchev–Trinajstić information content (AvgIpc) is 2.39. The number of halogens is 1. The summed E-state index contributed by atoms with van der Waals surface area (Å²) in [5, 5.41) is 2.60. The van der Waals surface area contributed by atoms with Gasteiger partial charge in [-0.1, -0.05) is 18.7 Å². The minimum Gasteiger partial charge on any atom is -0.457 e. The minimum absolute atomic E-state index is 0.203. The highest BCUT2D eigenvalue weighted by Gasteiger charge is 2.07. The van der Waals surface area contributed by atoms with E-state index in [9.17, 15) is 13.4 Å². The summed E-state index contributed by atoms with van der Waals surface area (Å²) in [5.41, 5.74) is 1.09. The first-order valence-corrected chi connectivity index (χ1v) is 6.99. The number of allylic oxidation sites excluding steroid dienone is 1. The highest BCUT2D eigenvalue weighted by atomic mass is 32.2. The summed E-state index contributed by atoms with van der Waals surface area (Å²) in [6, 6.07) is 4.24. The topological polar surface area (TPSA) is 46.2 Å². The molecule has 0 fully saturated rings. The van der Waals surface area contributed by atoms with Crippen molar-refractivity contribution >= 4 is 27.9 Å². The Morgan fingerprint density at radius 1 is 1.45 bits per heavy atom. The van der Waals surface area contributed by atoms with Crippen LogP contribution in [0, 0.1) is 12.7 Å². The molecule has 0 aliphatic heterocycles. The predicted octanol–water partition coefficient (Wildman–Crippen LogP) is 3.09. The molecule has 0 bridgehead atoms. The number of hydrogen-bond donors (Lipinski definition) is 1. The van der Waals surface area contributed by atoms with E-state index in [1.165, 1.54) is 30.4 Å². The normalized spacial score (nSPS) is 11.2. The van der Waals surface area contributed by atoms with Gasteiger partial charge in [0.25, 0.3) is 5.91 Å². The van der Waals surface area contributed by atoms with Gasteiger partial charge in [0.1, 0.15) is 5.82 Å². The van der Waals surface area contributed by atoms with Crippen LogP contribution in [0.25, 0.3) is 0 Å². The highest BCUT2D eigenvalue weighted by Crippen LogP contribution is 2.15. The Bertz CT molecular complexity index is 664. The molecule has 1 aromatic carbocycles. The Balaban J connectivity index is 2.95. The van der Waals surface area contributed by atoms with Crippen molar-refractivity contribution in [2.75, 3.05) is 5.32 Å². The number of aryl methyl sites for hydroxylation is 1. The van der Waals surface area contributed by atoms with Crippen LogP contribution in [0.15, 0.2) is 54.0 Å². The second-order valence-corrected chi connectivity index (χ2v) is 5.25. The van der Waals surface area contributed by atoms with Crippen LogP contribution in [0.5, 0.6) is 0 Å². The largest absolute Gasteiger partial charge is 0.457 e. The maximum atomic E-state index is 13.1. The van der Waals surface area contributed by atoms with Crippen molar-refractivity contribution in [2.45, 2.75) is 6.92 Å². The fraction of sp³-hybridized carbons (Fsp3) is 0.0667. The van der Waals surface area contributed by atoms with Crippen molar-refractivity contribution in [3.63, 3.8) is 0 Å². The van der Waals surface area contributed by atoms with Crippen molar-refractivity contribution in [3.05, 3.63) is 65.4 Å². The van der Waals surface area contributed by atoms with Crippen LogP contribution in [-0.2, 0) is 19.4 Å². The molecule has 5 heteroatoms. The smallest absolute Gasteiger partial charge is 0.255 e. The molecule has 1 rings (SSSR count). The minimum atomic E-state index is -1.50. The number of amides is 1. The van der Waals surface area contributed by atoms with Crippen LogP contribution in [-0.4, -0.2) is 11.8 Å². The van der Waals surface area contributed by atoms with Crippen molar-refractivity contribution < 1.29 is 13.4 Å². The third-order valence-corrected chi connectivity index (χ3v) is 3.21. The summed E-state index contributed by atoms with van der Waals surface area (Å²) >= 11 is 0. The summed E-state index contributed by atoms with van der Waals surface area (Å²) < 4.78 is 24.2. The Labute approximate surface area is 119 Å². The molecular formula is C15H15FNO2S-. The monoisotopic (exact) mass is 292 g/mol. The Morgan fingerprint density at radius 2 is 2.10 bits per heavy atom. The van der Waals surface area contributed by atoms with E-state index in [2.05, 4.69) is 24.3 Å². The molecule has 0 aromatic heterocycles. The number of hydrogen-bond acceptors (Lipinski definition) is 3. The molecule has 0 unspecified atom stereocenters. The predicted molar refractivity (Wildman–Crippen MR) is 82.4 cm³/mol. The molecule has 106 valence electrons. The van der Waals surface area contributed by atoms with Crippen LogP contribution >= 0.6 is 0 Å². The molecule has 1 amide bonds. The lowest BCUT2D eigenvalue weighted by molar-refractivity contribution is -0.112. The van der Waals surface area contributed by atoms with Crippen LogP contribution in [0.3, 0.4) is 0 Å². The van der Waals surface area contributed by atoms with Gasteiger partial charge in [0, 0.05) is 11.3 Å². The summed E-state index contributed by atoms with van der Waals surface area (Å²) in [4.78, 5) is 12.2. The first kappa shape index (κ1) is 15.9. The van der Waals surface area contributed by atoms with E-state index < -0.39 is 16.3 Å². The summed E-state index contributed by atoms with van der Waals surface area (Å²) in [7, 11) is -1.50. The van der Waals surface area contributed by atoms with Gasteiger partial charge in [0.15, 0.2) is 0 Å². The van der Waals surface area contributed by atoms with Gasteiger partial charge in [-0.25, -0.2) is 4.39 Å². The zero-order valence-corrected chi connectivity index (χ0v) is 11.9. The van der Waals surface area contributed by atoms with Gasteiger partial charge in [0.05, 0.1) is 0 Å². The summed E-state index contributed by atoms with van der Waals surface area (Å²) in [5.74, 6) is 2.52. The lowest BCUT2D eigenvalue weighted by atomic mass is 10.2. The van der Waals surface area contributed by atoms with Gasteiger partial charge in [-0.3, -0.25) is 15.2 Å². The second-order valence-electron chi connectivity index (χ2n) is 4.03. The Kier molecular flexibility index (Phi) is 5.46. The van der Waals surface area contributed by atoms with Crippen LogP contribution in [0.2, 0.25) is 0 Å². The fourth-order valence-corrected chi connectivity index (χ4v) is 1.64. The second kappa shape index (κ2) is 6.86. The first-order chi connectivity index (χ1) is 9.35. The number of rotatable bonds is 5. The standard InChI is InChI=1S/C15H15FNO2S/c1-5-12(9-11(3)20(4)19)15(18)17-13-6-7-14(16)10(2)8-13/h5-9H,1,3-4H2,2H3,(H,17,18)/q-1/b12-9+. The lowest BCUT2D eigenvalue weighted by Gasteiger charge is -2.09.